The van der Waals surface area contributed by atoms with Crippen LogP contribution in [0.3, 0.4) is 0 Å². The van der Waals surface area contributed by atoms with Crippen LogP contribution in [0.4, 0.5) is 0 Å². The van der Waals surface area contributed by atoms with E-state index in [1.807, 2.05) is 0 Å². The summed E-state index contributed by atoms with van der Waals surface area (Å²) in [4.78, 5) is 0. The van der Waals surface area contributed by atoms with Gasteiger partial charge < -0.3 is 37.2 Å². The summed E-state index contributed by atoms with van der Waals surface area (Å²) in [6.07, 6.45) is 6.51. The van der Waals surface area contributed by atoms with Gasteiger partial charge in [0, 0.05) is 0 Å². The van der Waals surface area contributed by atoms with Gasteiger partial charge in [-0.25, -0.2) is 0 Å². The molecule has 1 rings (SSSR count). The average molecular weight is 247 g/mol. The number of hydrogen-bond donors (Lipinski definition) is 0. The van der Waals surface area contributed by atoms with Crippen molar-refractivity contribution in [1.82, 2.24) is 0 Å². The normalized spacial score (nSPS) is 26.0. The van der Waals surface area contributed by atoms with Gasteiger partial charge in [-0.15, -0.1) is 0 Å². The standard InChI is InChI=1S/C7H9.3ClH.Ti/c1-6-4-3-5-7(6)2;;;;/h3-5H,1-2H3;3*1H;/q;;;;+3/p-3. The molecule has 0 aromatic heterocycles. The number of hydrogen-bond acceptors (Lipinski definition) is 0. The third-order valence-electron chi connectivity index (χ3n) is 1.59. The zero-order valence-corrected chi connectivity index (χ0v) is 10.2. The van der Waals surface area contributed by atoms with Crippen LogP contribution >= 0.6 is 0 Å². The molecule has 4 heteroatoms. The maximum absolute atomic E-state index is 2.22. The average Bonchev–Trinajstić information content (AvgIpc) is 1.86. The molecule has 0 nitrogen and oxygen atoms in total. The van der Waals surface area contributed by atoms with Crippen LogP contribution in [0.5, 0.6) is 0 Å². The van der Waals surface area contributed by atoms with Gasteiger partial charge in [0.05, 0.1) is 0 Å². The van der Waals surface area contributed by atoms with Crippen LogP contribution in [0.15, 0.2) is 23.8 Å². The second-order valence-electron chi connectivity index (χ2n) is 2.41. The first kappa shape index (κ1) is 18.0. The molecule has 0 bridgehead atoms. The van der Waals surface area contributed by atoms with Crippen molar-refractivity contribution in [2.45, 2.75) is 17.6 Å². The Morgan fingerprint density at radius 2 is 1.73 bits per heavy atom. The Morgan fingerprint density at radius 3 is 1.82 bits per heavy atom. The van der Waals surface area contributed by atoms with Crippen LogP contribution in [0.2, 0.25) is 3.72 Å². The summed E-state index contributed by atoms with van der Waals surface area (Å²) in [5.74, 6) is 0. The van der Waals surface area contributed by atoms with Gasteiger partial charge in [-0.2, -0.15) is 0 Å². The monoisotopic (exact) mass is 246 g/mol. The molecule has 0 spiro atoms. The molecule has 0 aromatic rings. The summed E-state index contributed by atoms with van der Waals surface area (Å²) in [6.45, 7) is 4.39. The van der Waals surface area contributed by atoms with Crippen molar-refractivity contribution in [2.24, 2.45) is 0 Å². The molecule has 1 unspecified atom stereocenters. The largest absolute Gasteiger partial charge is 1.00 e. The molecule has 0 radical (unpaired) electrons. The Balaban J connectivity index is -0.000000213. The van der Waals surface area contributed by atoms with Gasteiger partial charge in [0.1, 0.15) is 0 Å². The van der Waals surface area contributed by atoms with Crippen LogP contribution in [0, 0.1) is 0 Å². The summed E-state index contributed by atoms with van der Waals surface area (Å²) < 4.78 is 0.333. The van der Waals surface area contributed by atoms with Gasteiger partial charge in [0.2, 0.25) is 0 Å². The van der Waals surface area contributed by atoms with Gasteiger partial charge in [-0.3, -0.25) is 0 Å². The molecule has 0 aromatic carbocycles. The first-order valence-corrected chi connectivity index (χ1v) is 3.52. The van der Waals surface area contributed by atoms with E-state index in [2.05, 4.69) is 52.5 Å². The fraction of sp³-hybridized carbons (Fsp3) is 0.429. The van der Waals surface area contributed by atoms with Crippen molar-refractivity contribution in [2.75, 3.05) is 0 Å². The molecule has 1 atom stereocenters. The van der Waals surface area contributed by atoms with Gasteiger partial charge in [-0.05, 0) is 0 Å². The van der Waals surface area contributed by atoms with Crippen LogP contribution in [-0.2, 0) is 20.4 Å². The SMILES string of the molecule is CC1=CC=C[C]1(C)[Ti+3].[Cl-].[Cl-].[Cl-]. The zero-order chi connectivity index (χ0) is 6.20. The van der Waals surface area contributed by atoms with Crippen molar-refractivity contribution in [3.8, 4) is 0 Å². The summed E-state index contributed by atoms with van der Waals surface area (Å²) in [5.41, 5.74) is 1.46. The maximum Gasteiger partial charge on any atom is -1.00 e. The number of allylic oxidation sites excluding steroid dienone is 4. The van der Waals surface area contributed by atoms with E-state index in [0.717, 1.165) is 0 Å². The van der Waals surface area contributed by atoms with E-state index in [-0.39, 0.29) is 37.2 Å². The third kappa shape index (κ3) is 4.60. The minimum atomic E-state index is 0. The van der Waals surface area contributed by atoms with Crippen molar-refractivity contribution in [3.63, 3.8) is 0 Å². The second kappa shape index (κ2) is 6.57. The van der Waals surface area contributed by atoms with Crippen LogP contribution in [-0.4, -0.2) is 0 Å². The van der Waals surface area contributed by atoms with E-state index in [9.17, 15) is 0 Å². The van der Waals surface area contributed by atoms with E-state index in [0.29, 0.717) is 3.72 Å². The molecule has 0 heterocycles. The van der Waals surface area contributed by atoms with Crippen molar-refractivity contribution < 1.29 is 57.7 Å². The number of halogens is 3. The predicted octanol–water partition coefficient (Wildman–Crippen LogP) is -6.76. The Bertz CT molecular complexity index is 161. The van der Waals surface area contributed by atoms with Gasteiger partial charge in [0.25, 0.3) is 0 Å². The van der Waals surface area contributed by atoms with Gasteiger partial charge >= 0.3 is 61.8 Å². The molecular weight excluding hydrogens is 238 g/mol. The quantitative estimate of drug-likeness (QED) is 0.373. The summed E-state index contributed by atoms with van der Waals surface area (Å²) >= 11 is 2.22. The third-order valence-corrected chi connectivity index (χ3v) is 2.47. The van der Waals surface area contributed by atoms with Gasteiger partial charge in [-0.1, -0.05) is 0 Å². The predicted molar refractivity (Wildman–Crippen MR) is 31.3 cm³/mol. The molecule has 0 aliphatic heterocycles. The van der Waals surface area contributed by atoms with E-state index < -0.39 is 0 Å². The minimum Gasteiger partial charge on any atom is -1.00 e. The van der Waals surface area contributed by atoms with Crippen molar-refractivity contribution in [1.29, 1.82) is 0 Å². The molecule has 1 aliphatic rings. The van der Waals surface area contributed by atoms with E-state index in [1.54, 1.807) is 0 Å². The second-order valence-corrected chi connectivity index (χ2v) is 4.03. The Morgan fingerprint density at radius 1 is 1.27 bits per heavy atom. The fourth-order valence-electron chi connectivity index (χ4n) is 0.689. The molecule has 0 saturated heterocycles. The topological polar surface area (TPSA) is 0 Å². The molecular formula is C7H9Cl3Ti. The summed E-state index contributed by atoms with van der Waals surface area (Å²) in [7, 11) is 0. The first-order valence-electron chi connectivity index (χ1n) is 2.74. The summed E-state index contributed by atoms with van der Waals surface area (Å²) in [5, 5.41) is 0. The molecule has 0 saturated carbocycles. The van der Waals surface area contributed by atoms with Crippen molar-refractivity contribution >= 4 is 0 Å². The van der Waals surface area contributed by atoms with Crippen molar-refractivity contribution in [3.05, 3.63) is 23.8 Å². The molecule has 11 heavy (non-hydrogen) atoms. The molecule has 0 amide bonds. The Hall–Kier alpha value is 1.06. The number of rotatable bonds is 0. The summed E-state index contributed by atoms with van der Waals surface area (Å²) in [6, 6.07) is 0. The smallest absolute Gasteiger partial charge is 1.00 e. The van der Waals surface area contributed by atoms with Crippen LogP contribution < -0.4 is 37.2 Å². The minimum absolute atomic E-state index is 0. The van der Waals surface area contributed by atoms with E-state index in [1.165, 1.54) is 5.57 Å². The molecule has 1 aliphatic carbocycles. The molecule has 0 N–H and O–H groups in total. The Labute approximate surface area is 98.5 Å². The van der Waals surface area contributed by atoms with E-state index in [4.69, 9.17) is 0 Å². The van der Waals surface area contributed by atoms with Crippen LogP contribution in [0.25, 0.3) is 0 Å². The Kier molecular flexibility index (Phi) is 10.7. The zero-order valence-electron chi connectivity index (χ0n) is 6.37. The molecule has 0 fully saturated rings. The van der Waals surface area contributed by atoms with E-state index >= 15 is 0 Å². The van der Waals surface area contributed by atoms with Crippen LogP contribution in [0.1, 0.15) is 13.8 Å². The van der Waals surface area contributed by atoms with Gasteiger partial charge in [0.15, 0.2) is 0 Å². The maximum atomic E-state index is 2.22. The molecule has 62 valence electrons. The fourth-order valence-corrected chi connectivity index (χ4v) is 0.970. The first-order chi connectivity index (χ1) is 3.63.